The maximum atomic E-state index is 15.9. The molecule has 4 aromatic heterocycles. The molecule has 0 radical (unpaired) electrons. The summed E-state index contributed by atoms with van der Waals surface area (Å²) in [6.07, 6.45) is -4.22. The SMILES string of the molecule is Nc1nc2c(ncn2[C@@H]2OC3PC[C@H]4[C@H](F)[C@H](n5cnc6c(=O)[nH]cnc65)O[C@@H]4CO[PH](=O)O[C@@H]2[C@@H]3F)c(=O)[nH]1. The van der Waals surface area contributed by atoms with Gasteiger partial charge in [0.1, 0.15) is 11.9 Å². The predicted molar refractivity (Wildman–Crippen MR) is 135 cm³/mol. The molecule has 0 saturated carbocycles. The zero-order chi connectivity index (χ0) is 27.7. The third-order valence-corrected chi connectivity index (χ3v) is 9.59. The first kappa shape index (κ1) is 25.8. The highest BCUT2D eigenvalue weighted by atomic mass is 31.1. The number of aromatic amines is 2. The lowest BCUT2D eigenvalue weighted by atomic mass is 10.0. The van der Waals surface area contributed by atoms with Gasteiger partial charge in [-0.3, -0.25) is 32.8 Å². The van der Waals surface area contributed by atoms with Gasteiger partial charge in [0.2, 0.25) is 5.95 Å². The van der Waals surface area contributed by atoms with Gasteiger partial charge in [0.25, 0.3) is 11.1 Å². The number of hydrogen-bond donors (Lipinski definition) is 3. The molecule has 3 fully saturated rings. The standard InChI is InChI=1S/C20H21F2N9O7P2/c21-8-6-2-39-19-9(22)12(18(37-19)31-5-27-11-14(31)28-20(23)29-16(11)33)38-40(34)35-1-7(6)36-17(8)30-4-26-10-13(30)24-3-25-15(10)32/h3-9,12,17-19,39-40H,1-2H2,(H,24,25,32)(H3,23,28,29,33)/t6-,7-,8+,9+,12-,17-,18-,19?/m1/s1. The van der Waals surface area contributed by atoms with Crippen molar-refractivity contribution >= 4 is 45.1 Å². The van der Waals surface area contributed by atoms with E-state index in [4.69, 9.17) is 24.3 Å². The van der Waals surface area contributed by atoms with Gasteiger partial charge in [0, 0.05) is 5.92 Å². The molecule has 3 aliphatic rings. The van der Waals surface area contributed by atoms with Crippen molar-refractivity contribution in [2.75, 3.05) is 18.5 Å². The summed E-state index contributed by atoms with van der Waals surface area (Å²) in [6, 6.07) is 0. The summed E-state index contributed by atoms with van der Waals surface area (Å²) in [5.74, 6) is -2.03. The second-order valence-corrected chi connectivity index (χ2v) is 11.9. The zero-order valence-corrected chi connectivity index (χ0v) is 22.1. The van der Waals surface area contributed by atoms with Crippen molar-refractivity contribution in [1.29, 1.82) is 0 Å². The van der Waals surface area contributed by atoms with Gasteiger partial charge < -0.3 is 24.7 Å². The van der Waals surface area contributed by atoms with E-state index in [0.29, 0.717) is 0 Å². The highest BCUT2D eigenvalue weighted by Crippen LogP contribution is 2.49. The van der Waals surface area contributed by atoms with E-state index in [1.807, 2.05) is 0 Å². The molecule has 4 N–H and O–H groups in total. The van der Waals surface area contributed by atoms with E-state index < -0.39 is 68.1 Å². The van der Waals surface area contributed by atoms with Crippen molar-refractivity contribution in [2.24, 2.45) is 5.92 Å². The molecule has 7 heterocycles. The van der Waals surface area contributed by atoms with Crippen LogP contribution in [0.25, 0.3) is 22.3 Å². The van der Waals surface area contributed by atoms with E-state index in [9.17, 15) is 14.2 Å². The Morgan fingerprint density at radius 3 is 2.58 bits per heavy atom. The highest BCUT2D eigenvalue weighted by molar-refractivity contribution is 7.38. The molecule has 0 spiro atoms. The fraction of sp³-hybridized carbons (Fsp3) is 0.500. The second-order valence-electron chi connectivity index (χ2n) is 9.45. The molecule has 3 saturated heterocycles. The number of alkyl halides is 2. The molecule has 3 aliphatic heterocycles. The number of fused-ring (bicyclic) bond motifs is 5. The van der Waals surface area contributed by atoms with Crippen LogP contribution in [0.1, 0.15) is 12.5 Å². The summed E-state index contributed by atoms with van der Waals surface area (Å²) in [6.45, 7) is -0.286. The lowest BCUT2D eigenvalue weighted by molar-refractivity contribution is -0.0396. The van der Waals surface area contributed by atoms with Crippen LogP contribution >= 0.6 is 16.8 Å². The summed E-state index contributed by atoms with van der Waals surface area (Å²) in [7, 11) is -3.58. The molecule has 0 aliphatic carbocycles. The maximum Gasteiger partial charge on any atom is 0.319 e. The van der Waals surface area contributed by atoms with Gasteiger partial charge >= 0.3 is 8.25 Å². The molecule has 4 aromatic rings. The summed E-state index contributed by atoms with van der Waals surface area (Å²) in [4.78, 5) is 45.2. The molecule has 40 heavy (non-hydrogen) atoms. The molecule has 212 valence electrons. The minimum atomic E-state index is -3.32. The Labute approximate surface area is 223 Å². The van der Waals surface area contributed by atoms with E-state index in [0.717, 1.165) is 0 Å². The Kier molecular flexibility index (Phi) is 6.29. The van der Waals surface area contributed by atoms with Crippen LogP contribution in [-0.2, 0) is 23.1 Å². The van der Waals surface area contributed by atoms with Crippen LogP contribution in [0.2, 0.25) is 0 Å². The Morgan fingerprint density at radius 1 is 1.02 bits per heavy atom. The number of halogens is 2. The molecule has 2 bridgehead atoms. The number of anilines is 1. The number of nitrogens with two attached hydrogens (primary N) is 1. The lowest BCUT2D eigenvalue weighted by Gasteiger charge is -2.23. The van der Waals surface area contributed by atoms with E-state index in [-0.39, 0.29) is 49.6 Å². The first-order valence-electron chi connectivity index (χ1n) is 12.1. The first-order chi connectivity index (χ1) is 19.3. The Hall–Kier alpha value is -3.14. The smallest absolute Gasteiger partial charge is 0.319 e. The van der Waals surface area contributed by atoms with Crippen LogP contribution in [-0.4, -0.2) is 82.2 Å². The number of nitrogen functional groups attached to an aromatic ring is 1. The number of nitrogens with one attached hydrogen (secondary N) is 2. The van der Waals surface area contributed by atoms with Crippen molar-refractivity contribution in [3.8, 4) is 0 Å². The first-order valence-corrected chi connectivity index (χ1v) is 14.6. The number of imidazole rings is 2. The van der Waals surface area contributed by atoms with Crippen LogP contribution in [0.5, 0.6) is 0 Å². The molecule has 16 nitrogen and oxygen atoms in total. The minimum absolute atomic E-state index is 0.0197. The van der Waals surface area contributed by atoms with Crippen molar-refractivity contribution in [3.63, 3.8) is 0 Å². The van der Waals surface area contributed by atoms with Crippen LogP contribution in [0, 0.1) is 5.92 Å². The third-order valence-electron chi connectivity index (χ3n) is 7.16. The zero-order valence-electron chi connectivity index (χ0n) is 20.1. The predicted octanol–water partition coefficient (Wildman–Crippen LogP) is 0.363. The number of H-pyrrole nitrogens is 2. The minimum Gasteiger partial charge on any atom is -0.369 e. The van der Waals surface area contributed by atoms with Crippen molar-refractivity contribution in [2.45, 2.75) is 42.9 Å². The number of ether oxygens (including phenoxy) is 2. The average Bonchev–Trinajstić information content (AvgIpc) is 3.67. The number of rotatable bonds is 2. The van der Waals surface area contributed by atoms with Crippen molar-refractivity contribution in [1.82, 2.24) is 39.0 Å². The van der Waals surface area contributed by atoms with E-state index in [1.54, 1.807) is 0 Å². The van der Waals surface area contributed by atoms with Gasteiger partial charge in [-0.25, -0.2) is 23.7 Å². The quantitative estimate of drug-likeness (QED) is 0.267. The second kappa shape index (κ2) is 9.75. The van der Waals surface area contributed by atoms with E-state index >= 15 is 8.78 Å². The van der Waals surface area contributed by atoms with Gasteiger partial charge in [-0.15, -0.1) is 0 Å². The third kappa shape index (κ3) is 4.09. The van der Waals surface area contributed by atoms with Crippen molar-refractivity contribution in [3.05, 3.63) is 39.7 Å². The van der Waals surface area contributed by atoms with Gasteiger partial charge in [-0.1, -0.05) is 8.58 Å². The van der Waals surface area contributed by atoms with Gasteiger partial charge in [-0.05, 0) is 6.16 Å². The summed E-state index contributed by atoms with van der Waals surface area (Å²) in [5.41, 5.74) is 4.71. The summed E-state index contributed by atoms with van der Waals surface area (Å²) < 4.78 is 69.9. The monoisotopic (exact) mass is 599 g/mol. The Morgan fingerprint density at radius 2 is 1.77 bits per heavy atom. The molecule has 20 heteroatoms. The average molecular weight is 599 g/mol. The fourth-order valence-corrected chi connectivity index (χ4v) is 7.74. The van der Waals surface area contributed by atoms with Gasteiger partial charge in [-0.2, -0.15) is 4.98 Å². The topological polar surface area (TPSA) is 207 Å². The number of nitrogens with zero attached hydrogens (tertiary/aromatic N) is 6. The Balaban J connectivity index is 1.18. The number of aromatic nitrogens is 8. The molecule has 0 amide bonds. The number of hydrogen-bond acceptors (Lipinski definition) is 12. The summed E-state index contributed by atoms with van der Waals surface area (Å²) in [5, 5.41) is 0. The molecular weight excluding hydrogens is 578 g/mol. The molecule has 3 unspecified atom stereocenters. The van der Waals surface area contributed by atoms with Crippen LogP contribution in [0.15, 0.2) is 28.6 Å². The molecule has 0 aromatic carbocycles. The van der Waals surface area contributed by atoms with E-state index in [2.05, 4.69) is 29.9 Å². The normalized spacial score (nSPS) is 35.3. The van der Waals surface area contributed by atoms with Gasteiger partial charge in [0.15, 0.2) is 47.1 Å². The maximum absolute atomic E-state index is 15.9. The summed E-state index contributed by atoms with van der Waals surface area (Å²) >= 11 is 0. The highest BCUT2D eigenvalue weighted by Gasteiger charge is 2.52. The van der Waals surface area contributed by atoms with Crippen LogP contribution in [0.4, 0.5) is 14.7 Å². The molecule has 10 atom stereocenters. The fourth-order valence-electron chi connectivity index (χ4n) is 5.26. The lowest BCUT2D eigenvalue weighted by Crippen LogP contribution is -2.29. The van der Waals surface area contributed by atoms with E-state index in [1.165, 1.54) is 28.1 Å². The molecular formula is C20H21F2N9O7P2. The van der Waals surface area contributed by atoms with Crippen LogP contribution < -0.4 is 16.9 Å². The largest absolute Gasteiger partial charge is 0.369 e. The van der Waals surface area contributed by atoms with Gasteiger partial charge in [0.05, 0.1) is 31.7 Å². The molecule has 7 rings (SSSR count). The van der Waals surface area contributed by atoms with Crippen molar-refractivity contribution < 1.29 is 31.9 Å². The Bertz CT molecular complexity index is 1750. The van der Waals surface area contributed by atoms with Crippen LogP contribution in [0.3, 0.4) is 0 Å².